The second-order valence-electron chi connectivity index (χ2n) is 16.1. The van der Waals surface area contributed by atoms with Gasteiger partial charge in [0.2, 0.25) is 0 Å². The largest absolute Gasteiger partial charge is 0.309 e. The van der Waals surface area contributed by atoms with E-state index in [1.807, 2.05) is 34.8 Å². The van der Waals surface area contributed by atoms with Crippen LogP contribution in [0.25, 0.3) is 124 Å². The van der Waals surface area contributed by atoms with E-state index in [4.69, 9.17) is 9.97 Å². The Bertz CT molecular complexity index is 3840. The second-order valence-corrected chi connectivity index (χ2v) is 18.2. The first-order valence-electron chi connectivity index (χ1n) is 21.2. The van der Waals surface area contributed by atoms with E-state index in [1.54, 1.807) is 0 Å². The Morgan fingerprint density at radius 3 is 1.60 bits per heavy atom. The maximum absolute atomic E-state index is 5.22. The quantitative estimate of drug-likeness (QED) is 0.167. The summed E-state index contributed by atoms with van der Waals surface area (Å²) in [5, 5.41) is 7.68. The highest BCUT2D eigenvalue weighted by atomic mass is 32.1. The van der Waals surface area contributed by atoms with Gasteiger partial charge in [-0.05, 0) is 65.2 Å². The zero-order valence-corrected chi connectivity index (χ0v) is 35.5. The Morgan fingerprint density at radius 1 is 0.333 bits per heavy atom. The Labute approximate surface area is 371 Å². The van der Waals surface area contributed by atoms with Crippen LogP contribution in [-0.4, -0.2) is 14.5 Å². The fraction of sp³-hybridized carbons (Fsp3) is 0. The Morgan fingerprint density at radius 2 is 0.905 bits per heavy atom. The average Bonchev–Trinajstić information content (AvgIpc) is 4.04. The number of benzene rings is 9. The van der Waals surface area contributed by atoms with Crippen molar-refractivity contribution in [3.63, 3.8) is 0 Å². The Hall–Kier alpha value is -7.70. The molecule has 9 aromatic carbocycles. The van der Waals surface area contributed by atoms with E-state index in [0.717, 1.165) is 39.3 Å². The number of hydrogen-bond acceptors (Lipinski definition) is 4. The lowest BCUT2D eigenvalue weighted by atomic mass is 9.99. The molecule has 4 aromatic heterocycles. The van der Waals surface area contributed by atoms with Crippen molar-refractivity contribution in [1.29, 1.82) is 0 Å². The third-order valence-electron chi connectivity index (χ3n) is 12.4. The molecule has 0 saturated carbocycles. The molecule has 5 heteroatoms. The normalized spacial score (nSPS) is 11.8. The number of hydrogen-bond donors (Lipinski definition) is 0. The summed E-state index contributed by atoms with van der Waals surface area (Å²) in [4.78, 5) is 10.4. The molecule has 0 aliphatic rings. The molecule has 0 spiro atoms. The van der Waals surface area contributed by atoms with E-state index < -0.39 is 0 Å². The van der Waals surface area contributed by atoms with Crippen molar-refractivity contribution in [2.24, 2.45) is 0 Å². The van der Waals surface area contributed by atoms with Gasteiger partial charge in [-0.2, -0.15) is 0 Å². The SMILES string of the molecule is c1ccc(-c2ccc3c4c5sc6ccccc6c5ccc4n(-c4cc(-c5cccc(-c6nc(-c7ccccc7)cc(-c7ccccc7)n6)c5)c5sc6ccccc6c5c4)c3c2)cc1. The lowest BCUT2D eigenvalue weighted by molar-refractivity contribution is 1.18. The van der Waals surface area contributed by atoms with Gasteiger partial charge in [-0.3, -0.25) is 0 Å². The first kappa shape index (κ1) is 36.0. The minimum Gasteiger partial charge on any atom is -0.309 e. The summed E-state index contributed by atoms with van der Waals surface area (Å²) in [5.41, 5.74) is 13.1. The van der Waals surface area contributed by atoms with Gasteiger partial charge in [0.15, 0.2) is 5.82 Å². The molecule has 63 heavy (non-hydrogen) atoms. The van der Waals surface area contributed by atoms with Crippen molar-refractivity contribution in [2.45, 2.75) is 0 Å². The van der Waals surface area contributed by atoms with Crippen LogP contribution in [0, 0.1) is 0 Å². The maximum atomic E-state index is 5.22. The van der Waals surface area contributed by atoms with Crippen molar-refractivity contribution >= 4 is 84.8 Å². The van der Waals surface area contributed by atoms with Gasteiger partial charge in [0.1, 0.15) is 0 Å². The van der Waals surface area contributed by atoms with Crippen LogP contribution in [0.15, 0.2) is 212 Å². The van der Waals surface area contributed by atoms with E-state index in [1.165, 1.54) is 78.8 Å². The first-order valence-corrected chi connectivity index (χ1v) is 22.9. The van der Waals surface area contributed by atoms with Crippen molar-refractivity contribution in [3.8, 4) is 61.8 Å². The van der Waals surface area contributed by atoms with Gasteiger partial charge in [0.05, 0.1) is 22.4 Å². The van der Waals surface area contributed by atoms with E-state index in [9.17, 15) is 0 Å². The third kappa shape index (κ3) is 5.93. The van der Waals surface area contributed by atoms with Crippen LogP contribution in [0.5, 0.6) is 0 Å². The molecule has 13 aromatic rings. The monoisotopic (exact) mass is 837 g/mol. The molecule has 0 bridgehead atoms. The van der Waals surface area contributed by atoms with Gasteiger partial charge >= 0.3 is 0 Å². The molecule has 0 amide bonds. The standard InChI is InChI=1S/C58H35N3S2/c1-4-15-36(16-5-1)39-27-28-46-52(32-39)61(51-30-29-45-43-23-10-12-25-53(43)63-57(45)55(46)51)42-33-47(56-48(34-42)44-24-11-13-26-54(44)62-56)40-21-14-22-41(31-40)58-59-49(37-17-6-2-7-18-37)35-50(60-58)38-19-8-3-9-20-38/h1-35H. The summed E-state index contributed by atoms with van der Waals surface area (Å²) in [6, 6.07) is 76.6. The van der Waals surface area contributed by atoms with Crippen molar-refractivity contribution in [1.82, 2.24) is 14.5 Å². The number of thiophene rings is 2. The van der Waals surface area contributed by atoms with Crippen LogP contribution < -0.4 is 0 Å². The van der Waals surface area contributed by atoms with E-state index in [-0.39, 0.29) is 0 Å². The summed E-state index contributed by atoms with van der Waals surface area (Å²) in [6.45, 7) is 0. The van der Waals surface area contributed by atoms with Gasteiger partial charge in [-0.1, -0.05) is 164 Å². The fourth-order valence-corrected chi connectivity index (χ4v) is 11.9. The van der Waals surface area contributed by atoms with E-state index in [2.05, 4.69) is 205 Å². The van der Waals surface area contributed by atoms with E-state index >= 15 is 0 Å². The molecule has 0 atom stereocenters. The predicted octanol–water partition coefficient (Wildman–Crippen LogP) is 16.6. The smallest absolute Gasteiger partial charge is 0.160 e. The molecule has 0 fully saturated rings. The van der Waals surface area contributed by atoms with Crippen molar-refractivity contribution in [2.75, 3.05) is 0 Å². The summed E-state index contributed by atoms with van der Waals surface area (Å²) >= 11 is 3.76. The van der Waals surface area contributed by atoms with Crippen molar-refractivity contribution < 1.29 is 0 Å². The van der Waals surface area contributed by atoms with Crippen LogP contribution >= 0.6 is 22.7 Å². The predicted molar refractivity (Wildman–Crippen MR) is 269 cm³/mol. The Balaban J connectivity index is 1.07. The summed E-state index contributed by atoms with van der Waals surface area (Å²) in [6.07, 6.45) is 0. The van der Waals surface area contributed by atoms with Crippen LogP contribution in [0.1, 0.15) is 0 Å². The highest BCUT2D eigenvalue weighted by Gasteiger charge is 2.21. The van der Waals surface area contributed by atoms with Gasteiger partial charge < -0.3 is 4.57 Å². The number of rotatable bonds is 6. The van der Waals surface area contributed by atoms with Crippen LogP contribution in [-0.2, 0) is 0 Å². The average molecular weight is 838 g/mol. The molecule has 0 saturated heterocycles. The molecule has 3 nitrogen and oxygen atoms in total. The molecule has 13 rings (SSSR count). The maximum Gasteiger partial charge on any atom is 0.160 e. The lowest BCUT2D eigenvalue weighted by Gasteiger charge is -2.14. The summed E-state index contributed by atoms with van der Waals surface area (Å²) in [5.74, 6) is 0.698. The van der Waals surface area contributed by atoms with Gasteiger partial charge in [0, 0.05) is 79.1 Å². The van der Waals surface area contributed by atoms with Crippen LogP contribution in [0.4, 0.5) is 0 Å². The molecular weight excluding hydrogens is 803 g/mol. The van der Waals surface area contributed by atoms with Gasteiger partial charge in [0.25, 0.3) is 0 Å². The summed E-state index contributed by atoms with van der Waals surface area (Å²) in [7, 11) is 0. The molecule has 0 radical (unpaired) electrons. The summed E-state index contributed by atoms with van der Waals surface area (Å²) < 4.78 is 7.68. The molecule has 0 N–H and O–H groups in total. The number of aromatic nitrogens is 3. The highest BCUT2D eigenvalue weighted by molar-refractivity contribution is 7.27. The molecule has 294 valence electrons. The topological polar surface area (TPSA) is 30.7 Å². The molecule has 4 heterocycles. The second kappa shape index (κ2) is 14.5. The molecule has 0 unspecified atom stereocenters. The Kier molecular flexibility index (Phi) is 8.26. The molecule has 0 aliphatic heterocycles. The van der Waals surface area contributed by atoms with Gasteiger partial charge in [-0.15, -0.1) is 22.7 Å². The minimum atomic E-state index is 0.698. The lowest BCUT2D eigenvalue weighted by Crippen LogP contribution is -1.97. The molecule has 0 aliphatic carbocycles. The zero-order chi connectivity index (χ0) is 41.4. The van der Waals surface area contributed by atoms with Crippen molar-refractivity contribution in [3.05, 3.63) is 212 Å². The fourth-order valence-electron chi connectivity index (χ4n) is 9.44. The van der Waals surface area contributed by atoms with Crippen LogP contribution in [0.2, 0.25) is 0 Å². The first-order chi connectivity index (χ1) is 31.2. The minimum absolute atomic E-state index is 0.698. The van der Waals surface area contributed by atoms with Crippen LogP contribution in [0.3, 0.4) is 0 Å². The highest BCUT2D eigenvalue weighted by Crippen LogP contribution is 2.47. The van der Waals surface area contributed by atoms with Gasteiger partial charge in [-0.25, -0.2) is 9.97 Å². The molecular formula is C58H35N3S2. The zero-order valence-electron chi connectivity index (χ0n) is 33.9. The number of fused-ring (bicyclic) bond motifs is 10. The number of nitrogens with zero attached hydrogens (tertiary/aromatic N) is 3. The van der Waals surface area contributed by atoms with E-state index in [0.29, 0.717) is 5.82 Å². The third-order valence-corrected chi connectivity index (χ3v) is 14.8.